The highest BCUT2D eigenvalue weighted by molar-refractivity contribution is 7.20. The number of pyridine rings is 1. The Morgan fingerprint density at radius 1 is 0.818 bits per heavy atom. The van der Waals surface area contributed by atoms with Crippen LogP contribution < -0.4 is 9.47 Å². The number of aromatic nitrogens is 1. The Bertz CT molecular complexity index is 1430. The molecule has 3 aromatic carbocycles. The Kier molecular flexibility index (Phi) is 5.91. The Morgan fingerprint density at radius 2 is 1.61 bits per heavy atom. The summed E-state index contributed by atoms with van der Waals surface area (Å²) in [5.74, 6) is 1.21. The molecule has 0 fully saturated rings. The minimum atomic E-state index is -0.322. The van der Waals surface area contributed by atoms with Crippen LogP contribution in [-0.2, 0) is 18.0 Å². The van der Waals surface area contributed by atoms with Crippen molar-refractivity contribution in [2.24, 2.45) is 0 Å². The number of esters is 1. The number of nitrogens with zero attached hydrogens (tertiary/aromatic N) is 1. The molecule has 0 aliphatic rings. The Hall–Kier alpha value is -3.90. The third kappa shape index (κ3) is 4.81. The fraction of sp³-hybridized carbons (Fsp3) is 0.111. The van der Waals surface area contributed by atoms with Crippen molar-refractivity contribution in [1.29, 1.82) is 0 Å². The quantitative estimate of drug-likeness (QED) is 0.266. The average molecular weight is 456 g/mol. The van der Waals surface area contributed by atoms with Crippen molar-refractivity contribution in [2.75, 3.05) is 7.11 Å². The van der Waals surface area contributed by atoms with Gasteiger partial charge in [0, 0.05) is 10.1 Å². The highest BCUT2D eigenvalue weighted by Crippen LogP contribution is 2.30. The van der Waals surface area contributed by atoms with E-state index in [9.17, 15) is 4.79 Å². The third-order valence-electron chi connectivity index (χ3n) is 5.25. The topological polar surface area (TPSA) is 57.7 Å². The largest absolute Gasteiger partial charge is 0.489 e. The van der Waals surface area contributed by atoms with Gasteiger partial charge in [-0.3, -0.25) is 0 Å². The molecule has 2 aromatic heterocycles. The first-order valence-electron chi connectivity index (χ1n) is 10.5. The van der Waals surface area contributed by atoms with E-state index < -0.39 is 0 Å². The molecule has 164 valence electrons. The number of rotatable bonds is 7. The van der Waals surface area contributed by atoms with Crippen molar-refractivity contribution in [3.63, 3.8) is 0 Å². The molecule has 0 spiro atoms. The smallest absolute Gasteiger partial charge is 0.348 e. The second kappa shape index (κ2) is 9.30. The van der Waals surface area contributed by atoms with Gasteiger partial charge in [0.05, 0.1) is 18.3 Å². The molecule has 0 unspecified atom stereocenters. The van der Waals surface area contributed by atoms with E-state index in [0.29, 0.717) is 18.1 Å². The molecule has 5 aromatic rings. The number of ether oxygens (including phenoxy) is 3. The zero-order chi connectivity index (χ0) is 22.6. The van der Waals surface area contributed by atoms with Gasteiger partial charge in [0.25, 0.3) is 0 Å². The molecule has 0 saturated heterocycles. The lowest BCUT2D eigenvalue weighted by Crippen LogP contribution is -1.99. The summed E-state index contributed by atoms with van der Waals surface area (Å²) in [6.07, 6.45) is 0. The molecular formula is C27H21NO4S. The summed E-state index contributed by atoms with van der Waals surface area (Å²) in [7, 11) is 1.39. The number of hydrogen-bond donors (Lipinski definition) is 0. The summed E-state index contributed by atoms with van der Waals surface area (Å²) >= 11 is 1.41. The van der Waals surface area contributed by atoms with E-state index in [-0.39, 0.29) is 5.97 Å². The lowest BCUT2D eigenvalue weighted by molar-refractivity contribution is 0.0606. The number of methoxy groups -OCH3 is 1. The molecule has 0 N–H and O–H groups in total. The van der Waals surface area contributed by atoms with Gasteiger partial charge in [0.2, 0.25) is 0 Å². The van der Waals surface area contributed by atoms with Crippen molar-refractivity contribution in [1.82, 2.24) is 4.98 Å². The van der Waals surface area contributed by atoms with Crippen LogP contribution in [0.25, 0.3) is 21.0 Å². The van der Waals surface area contributed by atoms with Crippen molar-refractivity contribution in [3.8, 4) is 11.5 Å². The van der Waals surface area contributed by atoms with Crippen molar-refractivity contribution < 1.29 is 19.0 Å². The van der Waals surface area contributed by atoms with Crippen molar-refractivity contribution in [3.05, 3.63) is 101 Å². The van der Waals surface area contributed by atoms with Crippen LogP contribution in [0.3, 0.4) is 0 Å². The summed E-state index contributed by atoms with van der Waals surface area (Å²) in [4.78, 5) is 16.9. The van der Waals surface area contributed by atoms with Gasteiger partial charge < -0.3 is 14.2 Å². The minimum Gasteiger partial charge on any atom is -0.489 e. The lowest BCUT2D eigenvalue weighted by atomic mass is 10.2. The molecule has 0 amide bonds. The van der Waals surface area contributed by atoms with E-state index in [1.807, 2.05) is 78.9 Å². The zero-order valence-corrected chi connectivity index (χ0v) is 18.8. The monoisotopic (exact) mass is 455 g/mol. The Morgan fingerprint density at radius 3 is 2.45 bits per heavy atom. The number of carbonyl (C=O) groups excluding carboxylic acids is 1. The number of hydrogen-bond acceptors (Lipinski definition) is 6. The predicted octanol–water partition coefficient (Wildman–Crippen LogP) is 6.39. The minimum absolute atomic E-state index is 0.322. The number of carbonyl (C=O) groups is 1. The SMILES string of the molecule is COC(=O)c1cc2cc(OCc3ccc(OCc4ccc5ccccc5n4)cc3)ccc2s1. The average Bonchev–Trinajstić information content (AvgIpc) is 3.30. The maximum absolute atomic E-state index is 11.7. The predicted molar refractivity (Wildman–Crippen MR) is 130 cm³/mol. The second-order valence-electron chi connectivity index (χ2n) is 7.52. The van der Waals surface area contributed by atoms with Gasteiger partial charge >= 0.3 is 5.97 Å². The second-order valence-corrected chi connectivity index (χ2v) is 8.60. The fourth-order valence-corrected chi connectivity index (χ4v) is 4.47. The van der Waals surface area contributed by atoms with E-state index in [4.69, 9.17) is 14.2 Å². The van der Waals surface area contributed by atoms with E-state index in [2.05, 4.69) is 11.1 Å². The summed E-state index contributed by atoms with van der Waals surface area (Å²) in [6.45, 7) is 0.848. The van der Waals surface area contributed by atoms with E-state index in [1.54, 1.807) is 0 Å². The van der Waals surface area contributed by atoms with Crippen LogP contribution in [0.5, 0.6) is 11.5 Å². The Labute approximate surface area is 195 Å². The van der Waals surface area contributed by atoms with Crippen LogP contribution in [-0.4, -0.2) is 18.1 Å². The summed E-state index contributed by atoms with van der Waals surface area (Å²) in [5, 5.41) is 2.08. The number of thiophene rings is 1. The highest BCUT2D eigenvalue weighted by Gasteiger charge is 2.11. The van der Waals surface area contributed by atoms with E-state index in [0.717, 1.165) is 43.7 Å². The van der Waals surface area contributed by atoms with Crippen LogP contribution in [0.1, 0.15) is 20.9 Å². The van der Waals surface area contributed by atoms with Crippen LogP contribution in [0.4, 0.5) is 0 Å². The van der Waals surface area contributed by atoms with Crippen LogP contribution in [0.2, 0.25) is 0 Å². The number of benzene rings is 3. The van der Waals surface area contributed by atoms with Crippen LogP contribution >= 0.6 is 11.3 Å². The first-order chi connectivity index (χ1) is 16.2. The van der Waals surface area contributed by atoms with Gasteiger partial charge in [-0.25, -0.2) is 9.78 Å². The first kappa shape index (κ1) is 21.0. The molecule has 6 heteroatoms. The van der Waals surface area contributed by atoms with E-state index in [1.165, 1.54) is 18.4 Å². The molecule has 0 aliphatic carbocycles. The van der Waals surface area contributed by atoms with Crippen LogP contribution in [0.15, 0.2) is 84.9 Å². The standard InChI is InChI=1S/C27H21NO4S/c1-30-27(29)26-15-20-14-23(12-13-25(20)33-26)31-16-18-6-10-22(11-7-18)32-17-21-9-8-19-4-2-3-5-24(19)28-21/h2-15H,16-17H2,1H3. The molecular weight excluding hydrogens is 434 g/mol. The summed E-state index contributed by atoms with van der Waals surface area (Å²) < 4.78 is 17.7. The molecule has 5 nitrogen and oxygen atoms in total. The number of fused-ring (bicyclic) bond motifs is 2. The molecule has 5 rings (SSSR count). The van der Waals surface area contributed by atoms with Gasteiger partial charge in [0.1, 0.15) is 29.6 Å². The highest BCUT2D eigenvalue weighted by atomic mass is 32.1. The normalized spacial score (nSPS) is 10.9. The Balaban J connectivity index is 1.18. The van der Waals surface area contributed by atoms with Gasteiger partial charge in [0.15, 0.2) is 0 Å². The molecule has 0 radical (unpaired) electrons. The molecule has 0 saturated carbocycles. The third-order valence-corrected chi connectivity index (χ3v) is 6.34. The maximum atomic E-state index is 11.7. The molecule has 0 aliphatic heterocycles. The first-order valence-corrected chi connectivity index (χ1v) is 11.3. The molecule has 2 heterocycles. The van der Waals surface area contributed by atoms with Gasteiger partial charge in [-0.05, 0) is 59.5 Å². The summed E-state index contributed by atoms with van der Waals surface area (Å²) in [5.41, 5.74) is 2.89. The number of para-hydroxylation sites is 1. The van der Waals surface area contributed by atoms with Gasteiger partial charge in [-0.1, -0.05) is 36.4 Å². The van der Waals surface area contributed by atoms with Crippen molar-refractivity contribution in [2.45, 2.75) is 13.2 Å². The van der Waals surface area contributed by atoms with E-state index >= 15 is 0 Å². The zero-order valence-electron chi connectivity index (χ0n) is 18.0. The lowest BCUT2D eigenvalue weighted by Gasteiger charge is -2.09. The maximum Gasteiger partial charge on any atom is 0.348 e. The molecule has 0 bridgehead atoms. The molecule has 33 heavy (non-hydrogen) atoms. The van der Waals surface area contributed by atoms with Crippen LogP contribution in [0, 0.1) is 0 Å². The molecule has 0 atom stereocenters. The van der Waals surface area contributed by atoms with Gasteiger partial charge in [-0.15, -0.1) is 11.3 Å². The fourth-order valence-electron chi connectivity index (χ4n) is 3.51. The van der Waals surface area contributed by atoms with Gasteiger partial charge in [-0.2, -0.15) is 0 Å². The van der Waals surface area contributed by atoms with Crippen molar-refractivity contribution >= 4 is 38.3 Å². The summed E-state index contributed by atoms with van der Waals surface area (Å²) in [6, 6.07) is 27.6.